The first kappa shape index (κ1) is 31.0. The molecule has 0 bridgehead atoms. The van der Waals surface area contributed by atoms with Crippen molar-refractivity contribution in [3.8, 4) is 0 Å². The highest BCUT2D eigenvalue weighted by atomic mass is 19.1. The molecule has 208 valence electrons. The third-order valence-corrected chi connectivity index (χ3v) is 6.23. The summed E-state index contributed by atoms with van der Waals surface area (Å²) >= 11 is 0. The Labute approximate surface area is 227 Å². The summed E-state index contributed by atoms with van der Waals surface area (Å²) in [6.07, 6.45) is 2.51. The molecule has 5 rings (SSSR count). The maximum absolute atomic E-state index is 13.2. The van der Waals surface area contributed by atoms with Crippen molar-refractivity contribution in [2.24, 2.45) is 0 Å². The molecule has 9 heteroatoms. The van der Waals surface area contributed by atoms with Crippen molar-refractivity contribution in [2.45, 2.75) is 60.8 Å². The van der Waals surface area contributed by atoms with Crippen LogP contribution in [0.15, 0.2) is 55.6 Å². The maximum atomic E-state index is 13.2. The number of nitrogens with zero attached hydrogens (tertiary/aromatic N) is 1. The number of aryl methyl sites for hydroxylation is 2. The predicted octanol–water partition coefficient (Wildman–Crippen LogP) is 4.48. The Kier molecular flexibility index (Phi) is 10.7. The summed E-state index contributed by atoms with van der Waals surface area (Å²) in [5.41, 5.74) is 13.7. The van der Waals surface area contributed by atoms with Crippen LogP contribution >= 0.6 is 0 Å². The summed E-state index contributed by atoms with van der Waals surface area (Å²) in [4.78, 5) is 46.8. The first-order valence-corrected chi connectivity index (χ1v) is 13.3. The van der Waals surface area contributed by atoms with Gasteiger partial charge in [-0.05, 0) is 60.2 Å². The van der Waals surface area contributed by atoms with Crippen LogP contribution in [0.4, 0.5) is 38.5 Å². The summed E-state index contributed by atoms with van der Waals surface area (Å²) < 4.78 is 13.2. The van der Waals surface area contributed by atoms with Crippen LogP contribution in [0.1, 0.15) is 58.2 Å². The molecule has 1 aliphatic rings. The Balaban J connectivity index is 0.000000243. The predicted molar refractivity (Wildman–Crippen MR) is 160 cm³/mol. The third-order valence-electron chi connectivity index (χ3n) is 6.23. The molecule has 4 aromatic carbocycles. The number of nitrogens with one attached hydrogen (secondary N) is 1. The van der Waals surface area contributed by atoms with Crippen LogP contribution < -0.4 is 43.4 Å². The van der Waals surface area contributed by atoms with Gasteiger partial charge in [0.1, 0.15) is 28.6 Å². The molecule has 1 aliphatic heterocycles. The monoisotopic (exact) mass is 536 g/mol. The highest BCUT2D eigenvalue weighted by Crippen LogP contribution is 2.36. The minimum atomic E-state index is -0.695. The fraction of sp³-hybridized carbons (Fsp3) is 0.333. The van der Waals surface area contributed by atoms with Crippen molar-refractivity contribution in [2.75, 3.05) is 28.2 Å². The summed E-state index contributed by atoms with van der Waals surface area (Å²) in [6.45, 7) is 12.7. The molecule has 0 unspecified atom stereocenters. The summed E-state index contributed by atoms with van der Waals surface area (Å²) in [5.74, 6) is -0.399. The highest BCUT2D eigenvalue weighted by Gasteiger charge is 2.29. The Morgan fingerprint density at radius 1 is 0.795 bits per heavy atom. The number of nitrogens with two attached hydrogens (primary N) is 2. The minimum absolute atomic E-state index is 0.0441. The van der Waals surface area contributed by atoms with Crippen LogP contribution in [0, 0.1) is 5.82 Å². The molecule has 0 aromatic heterocycles. The standard InChI is InChI=1S/C14H14N2O2.C12H11FN2O2.2C2H6/c1-2-8-3-4-9-5-6-16(10(9)7-8)12-11(15)13(17)14(12)18;1-2-6-3-7(13)5-8(4-6)15-10-9(14)11(16)12(10)17;2*1-2/h3-4,7H,2,5-6,15H2,1H3;3-5,15H,2,14H2,1H3;2*1-2H3. The smallest absolute Gasteiger partial charge is 0.253 e. The van der Waals surface area contributed by atoms with E-state index in [0.717, 1.165) is 30.6 Å². The molecule has 5 N–H and O–H groups in total. The summed E-state index contributed by atoms with van der Waals surface area (Å²) in [7, 11) is 0. The van der Waals surface area contributed by atoms with Gasteiger partial charge < -0.3 is 21.7 Å². The Bertz CT molecular complexity index is 1580. The number of anilines is 6. The number of benzene rings is 2. The Hall–Kier alpha value is -4.27. The average molecular weight is 537 g/mol. The van der Waals surface area contributed by atoms with E-state index in [0.29, 0.717) is 17.8 Å². The van der Waals surface area contributed by atoms with Gasteiger partial charge in [0.25, 0.3) is 21.7 Å². The number of hydrogen-bond acceptors (Lipinski definition) is 8. The number of halogens is 1. The molecule has 0 fully saturated rings. The molecule has 0 aliphatic carbocycles. The van der Waals surface area contributed by atoms with E-state index in [2.05, 4.69) is 30.4 Å². The molecule has 0 amide bonds. The van der Waals surface area contributed by atoms with E-state index in [9.17, 15) is 23.6 Å². The number of nitrogen functional groups attached to an aromatic ring is 2. The van der Waals surface area contributed by atoms with Crippen molar-refractivity contribution in [1.82, 2.24) is 0 Å². The van der Waals surface area contributed by atoms with E-state index in [-0.39, 0.29) is 17.1 Å². The van der Waals surface area contributed by atoms with E-state index < -0.39 is 27.5 Å². The quantitative estimate of drug-likeness (QED) is 0.318. The lowest BCUT2D eigenvalue weighted by molar-refractivity contribution is 0.626. The lowest BCUT2D eigenvalue weighted by Gasteiger charge is -2.22. The zero-order valence-corrected chi connectivity index (χ0v) is 23.4. The van der Waals surface area contributed by atoms with E-state index in [1.807, 2.05) is 39.5 Å². The second kappa shape index (κ2) is 13.5. The normalized spacial score (nSPS) is 11.5. The molecule has 4 aromatic rings. The minimum Gasteiger partial charge on any atom is -0.394 e. The highest BCUT2D eigenvalue weighted by molar-refractivity contribution is 5.81. The van der Waals surface area contributed by atoms with Crippen molar-refractivity contribution in [1.29, 1.82) is 0 Å². The van der Waals surface area contributed by atoms with Crippen LogP contribution in [0.25, 0.3) is 0 Å². The van der Waals surface area contributed by atoms with Gasteiger partial charge in [0.05, 0.1) is 0 Å². The second-order valence-electron chi connectivity index (χ2n) is 8.41. The van der Waals surface area contributed by atoms with E-state index in [1.165, 1.54) is 23.3 Å². The van der Waals surface area contributed by atoms with Gasteiger partial charge in [-0.15, -0.1) is 0 Å². The Morgan fingerprint density at radius 3 is 1.97 bits per heavy atom. The average Bonchev–Trinajstić information content (AvgIpc) is 3.39. The van der Waals surface area contributed by atoms with Crippen molar-refractivity contribution >= 4 is 34.1 Å². The van der Waals surface area contributed by atoms with E-state index in [1.54, 1.807) is 6.07 Å². The van der Waals surface area contributed by atoms with Gasteiger partial charge in [-0.2, -0.15) is 0 Å². The molecule has 0 atom stereocenters. The zero-order chi connectivity index (χ0) is 29.4. The number of hydrogen-bond donors (Lipinski definition) is 3. The van der Waals surface area contributed by atoms with Gasteiger partial charge in [-0.25, -0.2) is 4.39 Å². The van der Waals surface area contributed by atoms with Crippen molar-refractivity contribution < 1.29 is 4.39 Å². The maximum Gasteiger partial charge on any atom is 0.253 e. The first-order chi connectivity index (χ1) is 18.7. The zero-order valence-electron chi connectivity index (χ0n) is 23.4. The second-order valence-corrected chi connectivity index (χ2v) is 8.41. The van der Waals surface area contributed by atoms with Gasteiger partial charge >= 0.3 is 0 Å². The lowest BCUT2D eigenvalue weighted by atomic mass is 10.1. The van der Waals surface area contributed by atoms with Gasteiger partial charge in [0, 0.05) is 17.9 Å². The van der Waals surface area contributed by atoms with Crippen molar-refractivity contribution in [3.63, 3.8) is 0 Å². The van der Waals surface area contributed by atoms with Crippen LogP contribution in [0.2, 0.25) is 0 Å². The van der Waals surface area contributed by atoms with Crippen molar-refractivity contribution in [3.05, 3.63) is 99.8 Å². The lowest BCUT2D eigenvalue weighted by Crippen LogP contribution is -2.40. The number of rotatable bonds is 5. The summed E-state index contributed by atoms with van der Waals surface area (Å²) in [5, 5.41) is 2.67. The molecule has 0 spiro atoms. The molecule has 0 radical (unpaired) electrons. The third kappa shape index (κ3) is 6.25. The molecule has 0 saturated heterocycles. The van der Waals surface area contributed by atoms with Crippen LogP contribution in [0.5, 0.6) is 0 Å². The fourth-order valence-electron chi connectivity index (χ4n) is 4.15. The Morgan fingerprint density at radius 2 is 1.41 bits per heavy atom. The summed E-state index contributed by atoms with van der Waals surface area (Å²) in [6, 6.07) is 10.6. The molecular formula is C30H37FN4O4. The van der Waals surface area contributed by atoms with Crippen LogP contribution in [0.3, 0.4) is 0 Å². The fourth-order valence-corrected chi connectivity index (χ4v) is 4.15. The van der Waals surface area contributed by atoms with Gasteiger partial charge in [-0.1, -0.05) is 53.7 Å². The molecule has 8 nitrogen and oxygen atoms in total. The first-order valence-electron chi connectivity index (χ1n) is 13.3. The van der Waals surface area contributed by atoms with Gasteiger partial charge in [0.15, 0.2) is 0 Å². The molecular weight excluding hydrogens is 499 g/mol. The SMILES string of the molecule is CC.CC.CCc1cc(F)cc(Nc2c(N)c(=O)c2=O)c1.CCc1ccc2c(c1)N(c1c(N)c(=O)c1=O)CC2. The largest absolute Gasteiger partial charge is 0.394 e. The number of fused-ring (bicyclic) bond motifs is 1. The van der Waals surface area contributed by atoms with Gasteiger partial charge in [-0.3, -0.25) is 19.2 Å². The van der Waals surface area contributed by atoms with Gasteiger partial charge in [0.2, 0.25) is 0 Å². The topological polar surface area (TPSA) is 136 Å². The molecule has 39 heavy (non-hydrogen) atoms. The van der Waals surface area contributed by atoms with E-state index in [4.69, 9.17) is 11.5 Å². The van der Waals surface area contributed by atoms with E-state index >= 15 is 0 Å². The molecule has 1 heterocycles. The van der Waals surface area contributed by atoms with Crippen LogP contribution in [-0.4, -0.2) is 6.54 Å². The van der Waals surface area contributed by atoms with Crippen LogP contribution in [-0.2, 0) is 19.3 Å². The molecule has 0 saturated carbocycles.